The molecule has 5 nitrogen and oxygen atoms in total. The quantitative estimate of drug-likeness (QED) is 0.891. The average Bonchev–Trinajstić information content (AvgIpc) is 2.84. The van der Waals surface area contributed by atoms with Gasteiger partial charge in [0.2, 0.25) is 0 Å². The Morgan fingerprint density at radius 3 is 2.56 bits per heavy atom. The maximum atomic E-state index is 5.63. The monoisotopic (exact) mass is 246 g/mol. The van der Waals surface area contributed by atoms with Gasteiger partial charge in [0.1, 0.15) is 11.5 Å². The Hall–Kier alpha value is -1.88. The van der Waals surface area contributed by atoms with Crippen LogP contribution in [0, 0.1) is 6.92 Å². The molecule has 0 fully saturated rings. The molecule has 0 amide bonds. The lowest BCUT2D eigenvalue weighted by Gasteiger charge is -2.23. The first-order chi connectivity index (χ1) is 8.61. The molecule has 0 spiro atoms. The second-order valence-corrected chi connectivity index (χ2v) is 4.38. The molecule has 2 aromatic heterocycles. The number of nitrogens with two attached hydrogens (primary N) is 1. The van der Waals surface area contributed by atoms with E-state index >= 15 is 0 Å². The number of hydrogen-bond donors (Lipinski definition) is 1. The molecule has 0 aliphatic rings. The minimum absolute atomic E-state index is 0.232. The molecule has 0 saturated carbocycles. The van der Waals surface area contributed by atoms with Crippen molar-refractivity contribution >= 4 is 5.82 Å². The number of hydrogen-bond acceptors (Lipinski definition) is 5. The summed E-state index contributed by atoms with van der Waals surface area (Å²) in [4.78, 5) is 2.00. The van der Waals surface area contributed by atoms with Crippen molar-refractivity contribution in [2.75, 3.05) is 18.5 Å². The van der Waals surface area contributed by atoms with Gasteiger partial charge < -0.3 is 15.1 Å². The minimum Gasteiger partial charge on any atom is -0.460 e. The fourth-order valence-corrected chi connectivity index (χ4v) is 1.60. The van der Waals surface area contributed by atoms with Crippen molar-refractivity contribution in [1.82, 2.24) is 10.2 Å². The van der Waals surface area contributed by atoms with E-state index in [0.717, 1.165) is 23.0 Å². The zero-order valence-electron chi connectivity index (χ0n) is 10.9. The van der Waals surface area contributed by atoms with E-state index in [4.69, 9.17) is 10.2 Å². The fourth-order valence-electron chi connectivity index (χ4n) is 1.60. The van der Waals surface area contributed by atoms with Gasteiger partial charge in [0.05, 0.1) is 0 Å². The Morgan fingerprint density at radius 1 is 1.28 bits per heavy atom. The maximum absolute atomic E-state index is 5.63. The van der Waals surface area contributed by atoms with Gasteiger partial charge in [-0.3, -0.25) is 0 Å². The highest BCUT2D eigenvalue weighted by molar-refractivity contribution is 5.53. The summed E-state index contributed by atoms with van der Waals surface area (Å²) in [5.41, 5.74) is 6.37. The summed E-state index contributed by atoms with van der Waals surface area (Å²) < 4.78 is 5.50. The zero-order valence-corrected chi connectivity index (χ0v) is 10.9. The number of aromatic nitrogens is 2. The number of aryl methyl sites for hydroxylation is 1. The zero-order chi connectivity index (χ0) is 13.1. The lowest BCUT2D eigenvalue weighted by molar-refractivity contribution is 0.545. The van der Waals surface area contributed by atoms with Crippen LogP contribution in [-0.2, 0) is 0 Å². The molecule has 96 valence electrons. The second-order valence-electron chi connectivity index (χ2n) is 4.38. The average molecular weight is 246 g/mol. The first-order valence-electron chi connectivity index (χ1n) is 5.95. The molecule has 0 aliphatic carbocycles. The molecule has 0 bridgehead atoms. The Bertz CT molecular complexity index is 506. The van der Waals surface area contributed by atoms with Crippen LogP contribution in [0.3, 0.4) is 0 Å². The molecule has 0 saturated heterocycles. The largest absolute Gasteiger partial charge is 0.460 e. The van der Waals surface area contributed by atoms with Crippen molar-refractivity contribution in [2.24, 2.45) is 5.73 Å². The molecule has 2 N–H and O–H groups in total. The highest BCUT2D eigenvalue weighted by atomic mass is 16.3. The number of anilines is 1. The number of likely N-dealkylation sites (N-methyl/N-ethyl adjacent to an activating group) is 1. The van der Waals surface area contributed by atoms with Crippen LogP contribution in [-0.4, -0.2) is 29.8 Å². The van der Waals surface area contributed by atoms with Crippen LogP contribution in [0.25, 0.3) is 11.5 Å². The van der Waals surface area contributed by atoms with E-state index in [0.29, 0.717) is 6.54 Å². The first-order valence-corrected chi connectivity index (χ1v) is 5.95. The minimum atomic E-state index is 0.232. The van der Waals surface area contributed by atoms with Gasteiger partial charge in [-0.25, -0.2) is 0 Å². The SMILES string of the molecule is Cc1ccc(-c2ccc(N(C)C(C)CN)nn2)o1. The van der Waals surface area contributed by atoms with E-state index in [1.165, 1.54) is 0 Å². The van der Waals surface area contributed by atoms with E-state index in [-0.39, 0.29) is 6.04 Å². The Kier molecular flexibility index (Phi) is 3.62. The summed E-state index contributed by atoms with van der Waals surface area (Å²) >= 11 is 0. The van der Waals surface area contributed by atoms with Crippen molar-refractivity contribution in [2.45, 2.75) is 19.9 Å². The molecule has 1 unspecified atom stereocenters. The first kappa shape index (κ1) is 12.6. The topological polar surface area (TPSA) is 68.2 Å². The summed E-state index contributed by atoms with van der Waals surface area (Å²) in [7, 11) is 1.96. The van der Waals surface area contributed by atoms with Crippen LogP contribution in [0.5, 0.6) is 0 Å². The van der Waals surface area contributed by atoms with Crippen molar-refractivity contribution in [3.05, 3.63) is 30.0 Å². The summed E-state index contributed by atoms with van der Waals surface area (Å²) in [5.74, 6) is 2.41. The van der Waals surface area contributed by atoms with E-state index in [9.17, 15) is 0 Å². The van der Waals surface area contributed by atoms with E-state index in [1.807, 2.05) is 50.1 Å². The predicted octanol–water partition coefficient (Wildman–Crippen LogP) is 1.83. The van der Waals surface area contributed by atoms with Crippen molar-refractivity contribution in [3.63, 3.8) is 0 Å². The van der Waals surface area contributed by atoms with E-state index in [1.54, 1.807) is 0 Å². The predicted molar refractivity (Wildman–Crippen MR) is 71.4 cm³/mol. The number of furan rings is 1. The van der Waals surface area contributed by atoms with Gasteiger partial charge in [-0.05, 0) is 38.1 Å². The maximum Gasteiger partial charge on any atom is 0.154 e. The van der Waals surface area contributed by atoms with Gasteiger partial charge in [0.15, 0.2) is 11.6 Å². The van der Waals surface area contributed by atoms with Crippen LogP contribution >= 0.6 is 0 Å². The molecular formula is C13H18N4O. The van der Waals surface area contributed by atoms with Gasteiger partial charge in [0, 0.05) is 19.6 Å². The van der Waals surface area contributed by atoms with E-state index < -0.39 is 0 Å². The summed E-state index contributed by atoms with van der Waals surface area (Å²) in [6, 6.07) is 7.86. The molecule has 2 heterocycles. The summed E-state index contributed by atoms with van der Waals surface area (Å²) in [5, 5.41) is 8.37. The molecule has 1 atom stereocenters. The van der Waals surface area contributed by atoms with Crippen LogP contribution in [0.15, 0.2) is 28.7 Å². The third kappa shape index (κ3) is 2.51. The van der Waals surface area contributed by atoms with Gasteiger partial charge >= 0.3 is 0 Å². The second kappa shape index (κ2) is 5.18. The Morgan fingerprint density at radius 2 is 2.06 bits per heavy atom. The number of rotatable bonds is 4. The van der Waals surface area contributed by atoms with Gasteiger partial charge in [-0.1, -0.05) is 0 Å². The molecule has 2 rings (SSSR count). The lowest BCUT2D eigenvalue weighted by atomic mass is 10.3. The standard InChI is InChI=1S/C13H18N4O/c1-9(8-14)17(3)13-7-5-11(15-16-13)12-6-4-10(2)18-12/h4-7,9H,8,14H2,1-3H3. The van der Waals surface area contributed by atoms with Crippen molar-refractivity contribution < 1.29 is 4.42 Å². The van der Waals surface area contributed by atoms with Crippen LogP contribution in [0.4, 0.5) is 5.82 Å². The summed E-state index contributed by atoms with van der Waals surface area (Å²) in [6.07, 6.45) is 0. The molecular weight excluding hydrogens is 228 g/mol. The molecule has 18 heavy (non-hydrogen) atoms. The van der Waals surface area contributed by atoms with Crippen LogP contribution in [0.1, 0.15) is 12.7 Å². The van der Waals surface area contributed by atoms with Crippen LogP contribution in [0.2, 0.25) is 0 Å². The molecule has 2 aromatic rings. The lowest BCUT2D eigenvalue weighted by Crippen LogP contribution is -2.35. The van der Waals surface area contributed by atoms with Gasteiger partial charge in [-0.2, -0.15) is 0 Å². The molecule has 0 radical (unpaired) electrons. The van der Waals surface area contributed by atoms with Crippen molar-refractivity contribution in [1.29, 1.82) is 0 Å². The van der Waals surface area contributed by atoms with Crippen molar-refractivity contribution in [3.8, 4) is 11.5 Å². The summed E-state index contributed by atoms with van der Waals surface area (Å²) in [6.45, 7) is 4.53. The third-order valence-electron chi connectivity index (χ3n) is 3.01. The van der Waals surface area contributed by atoms with Gasteiger partial charge in [0.25, 0.3) is 0 Å². The van der Waals surface area contributed by atoms with Gasteiger partial charge in [-0.15, -0.1) is 10.2 Å². The fraction of sp³-hybridized carbons (Fsp3) is 0.385. The molecule has 0 aromatic carbocycles. The Balaban J connectivity index is 2.20. The normalized spacial score (nSPS) is 12.4. The Labute approximate surface area is 107 Å². The number of nitrogens with zero attached hydrogens (tertiary/aromatic N) is 3. The molecule has 0 aliphatic heterocycles. The highest BCUT2D eigenvalue weighted by Crippen LogP contribution is 2.20. The third-order valence-corrected chi connectivity index (χ3v) is 3.01. The molecule has 5 heteroatoms. The van der Waals surface area contributed by atoms with Crippen LogP contribution < -0.4 is 10.6 Å². The highest BCUT2D eigenvalue weighted by Gasteiger charge is 2.11. The smallest absolute Gasteiger partial charge is 0.154 e. The van der Waals surface area contributed by atoms with E-state index in [2.05, 4.69) is 10.2 Å².